The summed E-state index contributed by atoms with van der Waals surface area (Å²) in [4.78, 5) is 4.45. The largest absolute Gasteiger partial charge is 0.357 e. The topological polar surface area (TPSA) is 67.1 Å². The van der Waals surface area contributed by atoms with Crippen LogP contribution in [0.4, 0.5) is 8.78 Å². The fraction of sp³-hybridized carbons (Fsp3) is 0.438. The molecule has 24 heavy (non-hydrogen) atoms. The fourth-order valence-electron chi connectivity index (χ4n) is 2.13. The van der Waals surface area contributed by atoms with Crippen LogP contribution in [0.15, 0.2) is 29.5 Å². The molecule has 0 radical (unpaired) electrons. The smallest absolute Gasteiger partial charge is 0.191 e. The number of benzene rings is 1. The van der Waals surface area contributed by atoms with Gasteiger partial charge in [0.05, 0.1) is 0 Å². The monoisotopic (exact) mass is 336 g/mol. The number of rotatable bonds is 6. The van der Waals surface area contributed by atoms with Crippen molar-refractivity contribution in [3.8, 4) is 0 Å². The van der Waals surface area contributed by atoms with E-state index in [2.05, 4.69) is 25.8 Å². The molecule has 6 nitrogen and oxygen atoms in total. The lowest BCUT2D eigenvalue weighted by atomic mass is 10.0. The van der Waals surface area contributed by atoms with Gasteiger partial charge < -0.3 is 15.2 Å². The molecular formula is C16H22F2N6. The Kier molecular flexibility index (Phi) is 6.22. The lowest BCUT2D eigenvalue weighted by molar-refractivity contribution is 0.505. The van der Waals surface area contributed by atoms with Gasteiger partial charge in [-0.15, -0.1) is 10.2 Å². The van der Waals surface area contributed by atoms with Crippen molar-refractivity contribution in [2.75, 3.05) is 13.1 Å². The number of aromatic nitrogens is 3. The van der Waals surface area contributed by atoms with E-state index in [0.29, 0.717) is 25.6 Å². The van der Waals surface area contributed by atoms with E-state index in [4.69, 9.17) is 0 Å². The van der Waals surface area contributed by atoms with Crippen molar-refractivity contribution in [2.24, 2.45) is 12.0 Å². The second kappa shape index (κ2) is 8.37. The minimum Gasteiger partial charge on any atom is -0.357 e. The zero-order valence-corrected chi connectivity index (χ0v) is 14.1. The third-order valence-electron chi connectivity index (χ3n) is 3.62. The highest BCUT2D eigenvalue weighted by molar-refractivity contribution is 5.79. The molecule has 1 atom stereocenters. The van der Waals surface area contributed by atoms with Gasteiger partial charge in [0, 0.05) is 20.1 Å². The summed E-state index contributed by atoms with van der Waals surface area (Å²) in [7, 11) is 1.86. The summed E-state index contributed by atoms with van der Waals surface area (Å²) in [5, 5.41) is 14.1. The minimum absolute atomic E-state index is 0.00113. The summed E-state index contributed by atoms with van der Waals surface area (Å²) >= 11 is 0. The maximum Gasteiger partial charge on any atom is 0.191 e. The van der Waals surface area contributed by atoms with Crippen LogP contribution < -0.4 is 10.6 Å². The first-order valence-electron chi connectivity index (χ1n) is 7.81. The van der Waals surface area contributed by atoms with E-state index in [9.17, 15) is 8.78 Å². The van der Waals surface area contributed by atoms with Gasteiger partial charge in [-0.1, -0.05) is 13.0 Å². The zero-order chi connectivity index (χ0) is 17.5. The van der Waals surface area contributed by atoms with Crippen LogP contribution in [0.25, 0.3) is 0 Å². The van der Waals surface area contributed by atoms with Gasteiger partial charge in [0.1, 0.15) is 12.9 Å². The van der Waals surface area contributed by atoms with Gasteiger partial charge in [-0.2, -0.15) is 0 Å². The number of nitrogens with zero attached hydrogens (tertiary/aromatic N) is 4. The number of aryl methyl sites for hydroxylation is 1. The average Bonchev–Trinajstić information content (AvgIpc) is 2.97. The lowest BCUT2D eigenvalue weighted by Gasteiger charge is -2.16. The van der Waals surface area contributed by atoms with Crippen molar-refractivity contribution in [1.29, 1.82) is 0 Å². The second-order valence-electron chi connectivity index (χ2n) is 5.51. The van der Waals surface area contributed by atoms with Crippen LogP contribution in [0.2, 0.25) is 0 Å². The van der Waals surface area contributed by atoms with E-state index < -0.39 is 11.6 Å². The van der Waals surface area contributed by atoms with E-state index in [0.717, 1.165) is 17.5 Å². The summed E-state index contributed by atoms with van der Waals surface area (Å²) in [5.41, 5.74) is 0.727. The molecule has 1 heterocycles. The number of guanidine groups is 1. The standard InChI is InChI=1S/C16H22F2N6/c1-4-19-16(21-9-15-23-22-10-24(15)3)20-8-11(2)12-5-6-13(17)14(18)7-12/h5-7,10-11H,4,8-9H2,1-3H3,(H2,19,20,21)/t11-/m0/s1. The molecule has 1 aromatic heterocycles. The maximum atomic E-state index is 13.3. The van der Waals surface area contributed by atoms with Crippen molar-refractivity contribution >= 4 is 5.96 Å². The summed E-state index contributed by atoms with van der Waals surface area (Å²) in [5.74, 6) is -0.283. The van der Waals surface area contributed by atoms with E-state index >= 15 is 0 Å². The van der Waals surface area contributed by atoms with Gasteiger partial charge in [0.15, 0.2) is 23.4 Å². The molecule has 0 fully saturated rings. The third-order valence-corrected chi connectivity index (χ3v) is 3.62. The highest BCUT2D eigenvalue weighted by atomic mass is 19.2. The number of hydrogen-bond donors (Lipinski definition) is 2. The predicted molar refractivity (Wildman–Crippen MR) is 88.6 cm³/mol. The molecule has 8 heteroatoms. The Bertz CT molecular complexity index is 698. The number of halogens is 2. The Morgan fingerprint density at radius 2 is 2.08 bits per heavy atom. The van der Waals surface area contributed by atoms with E-state index in [1.165, 1.54) is 6.07 Å². The second-order valence-corrected chi connectivity index (χ2v) is 5.51. The summed E-state index contributed by atoms with van der Waals surface area (Å²) in [6.07, 6.45) is 1.62. The number of hydrogen-bond acceptors (Lipinski definition) is 3. The quantitative estimate of drug-likeness (QED) is 0.625. The van der Waals surface area contributed by atoms with Crippen LogP contribution in [-0.2, 0) is 13.6 Å². The molecule has 0 spiro atoms. The molecule has 0 aliphatic carbocycles. The van der Waals surface area contributed by atoms with Gasteiger partial charge in [-0.25, -0.2) is 13.8 Å². The van der Waals surface area contributed by atoms with Crippen LogP contribution in [0.1, 0.15) is 31.2 Å². The van der Waals surface area contributed by atoms with Crippen molar-refractivity contribution in [3.63, 3.8) is 0 Å². The average molecular weight is 336 g/mol. The highest BCUT2D eigenvalue weighted by Crippen LogP contribution is 2.17. The normalized spacial score (nSPS) is 13.0. The first kappa shape index (κ1) is 17.8. The fourth-order valence-corrected chi connectivity index (χ4v) is 2.13. The van der Waals surface area contributed by atoms with Crippen molar-refractivity contribution in [3.05, 3.63) is 47.5 Å². The van der Waals surface area contributed by atoms with Gasteiger partial charge in [-0.05, 0) is 30.5 Å². The molecule has 0 saturated heterocycles. The van der Waals surface area contributed by atoms with Crippen LogP contribution in [0.3, 0.4) is 0 Å². The van der Waals surface area contributed by atoms with Crippen LogP contribution in [-0.4, -0.2) is 33.8 Å². The molecule has 0 saturated carbocycles. The van der Waals surface area contributed by atoms with E-state index in [-0.39, 0.29) is 5.92 Å². The molecule has 2 aromatic rings. The highest BCUT2D eigenvalue weighted by Gasteiger charge is 2.10. The maximum absolute atomic E-state index is 13.3. The summed E-state index contributed by atoms with van der Waals surface area (Å²) in [6, 6.07) is 3.97. The molecule has 0 unspecified atom stereocenters. The van der Waals surface area contributed by atoms with Crippen LogP contribution in [0, 0.1) is 11.6 Å². The molecule has 130 valence electrons. The SMILES string of the molecule is CCNC(=NCc1nncn1C)NC[C@H](C)c1ccc(F)c(F)c1. The van der Waals surface area contributed by atoms with Crippen molar-refractivity contribution in [1.82, 2.24) is 25.4 Å². The predicted octanol–water partition coefficient (Wildman–Crippen LogP) is 1.95. The van der Waals surface area contributed by atoms with Gasteiger partial charge in [-0.3, -0.25) is 0 Å². The Morgan fingerprint density at radius 1 is 1.29 bits per heavy atom. The number of nitrogens with one attached hydrogen (secondary N) is 2. The first-order valence-corrected chi connectivity index (χ1v) is 7.81. The number of aliphatic imine (C=N–C) groups is 1. The van der Waals surface area contributed by atoms with Gasteiger partial charge >= 0.3 is 0 Å². The Morgan fingerprint density at radius 3 is 2.71 bits per heavy atom. The summed E-state index contributed by atoms with van der Waals surface area (Å²) < 4.78 is 28.1. The van der Waals surface area contributed by atoms with E-state index in [1.54, 1.807) is 17.0 Å². The first-order chi connectivity index (χ1) is 11.5. The van der Waals surface area contributed by atoms with Crippen LogP contribution >= 0.6 is 0 Å². The van der Waals surface area contributed by atoms with Crippen molar-refractivity contribution < 1.29 is 8.78 Å². The molecule has 2 rings (SSSR count). The van der Waals surface area contributed by atoms with Crippen molar-refractivity contribution in [2.45, 2.75) is 26.3 Å². The molecule has 0 amide bonds. The molecule has 0 bridgehead atoms. The van der Waals surface area contributed by atoms with Gasteiger partial charge in [0.25, 0.3) is 0 Å². The van der Waals surface area contributed by atoms with Gasteiger partial charge in [0.2, 0.25) is 0 Å². The Balaban J connectivity index is 1.97. The lowest BCUT2D eigenvalue weighted by Crippen LogP contribution is -2.39. The van der Waals surface area contributed by atoms with E-state index in [1.807, 2.05) is 20.9 Å². The molecule has 2 N–H and O–H groups in total. The zero-order valence-electron chi connectivity index (χ0n) is 14.1. The molecular weight excluding hydrogens is 314 g/mol. The Labute approximate surface area is 140 Å². The summed E-state index contributed by atoms with van der Waals surface area (Å²) in [6.45, 7) is 5.55. The molecule has 0 aliphatic rings. The Hall–Kier alpha value is -2.51. The molecule has 1 aromatic carbocycles. The molecule has 0 aliphatic heterocycles. The minimum atomic E-state index is -0.836. The third kappa shape index (κ3) is 4.74. The van der Waals surface area contributed by atoms with Crippen LogP contribution in [0.5, 0.6) is 0 Å².